The zero-order valence-corrected chi connectivity index (χ0v) is 10.9. The monoisotopic (exact) mass is 220 g/mol. The van der Waals surface area contributed by atoms with Crippen LogP contribution in [-0.4, -0.2) is 11.7 Å². The first kappa shape index (κ1) is 10.8. The second-order valence-corrected chi connectivity index (χ2v) is 6.81. The summed E-state index contributed by atoms with van der Waals surface area (Å²) >= 11 is 0. The van der Waals surface area contributed by atoms with Crippen LogP contribution in [0.2, 0.25) is 0 Å². The highest BCUT2D eigenvalue weighted by atomic mass is 16.6. The minimum atomic E-state index is 0.216. The van der Waals surface area contributed by atoms with Gasteiger partial charge in [-0.15, -0.1) is 0 Å². The Hall–Kier alpha value is -0.300. The number of fused-ring (bicyclic) bond motifs is 2. The van der Waals surface area contributed by atoms with Crippen LogP contribution in [-0.2, 0) is 4.74 Å². The van der Waals surface area contributed by atoms with E-state index in [2.05, 4.69) is 27.4 Å². The number of hydrogen-bond donors (Lipinski definition) is 0. The molecule has 0 bridgehead atoms. The molecule has 0 radical (unpaired) electrons. The zero-order valence-electron chi connectivity index (χ0n) is 10.9. The van der Waals surface area contributed by atoms with Crippen LogP contribution in [0.3, 0.4) is 0 Å². The lowest BCUT2D eigenvalue weighted by Gasteiger charge is -2.54. The molecule has 2 saturated carbocycles. The van der Waals surface area contributed by atoms with Gasteiger partial charge < -0.3 is 4.74 Å². The van der Waals surface area contributed by atoms with Gasteiger partial charge in [0.05, 0.1) is 11.7 Å². The molecule has 1 saturated heterocycles. The van der Waals surface area contributed by atoms with Crippen LogP contribution in [0.25, 0.3) is 0 Å². The summed E-state index contributed by atoms with van der Waals surface area (Å²) in [5, 5.41) is 0. The highest BCUT2D eigenvalue weighted by Gasteiger charge is 2.57. The van der Waals surface area contributed by atoms with Crippen molar-refractivity contribution in [1.29, 1.82) is 0 Å². The van der Waals surface area contributed by atoms with Crippen LogP contribution in [0.1, 0.15) is 52.9 Å². The van der Waals surface area contributed by atoms with E-state index < -0.39 is 0 Å². The molecule has 3 fully saturated rings. The van der Waals surface area contributed by atoms with E-state index in [4.69, 9.17) is 4.74 Å². The van der Waals surface area contributed by atoms with Crippen molar-refractivity contribution in [2.24, 2.45) is 17.3 Å². The molecule has 16 heavy (non-hydrogen) atoms. The molecule has 3 rings (SSSR count). The highest BCUT2D eigenvalue weighted by Crippen LogP contribution is 2.60. The van der Waals surface area contributed by atoms with Crippen LogP contribution in [0.4, 0.5) is 0 Å². The Bertz CT molecular complexity index is 334. The minimum Gasteiger partial charge on any atom is -0.366 e. The summed E-state index contributed by atoms with van der Waals surface area (Å²) in [6.07, 6.45) is 6.87. The van der Waals surface area contributed by atoms with E-state index in [-0.39, 0.29) is 5.60 Å². The minimum absolute atomic E-state index is 0.216. The Morgan fingerprint density at radius 3 is 2.75 bits per heavy atom. The second-order valence-electron chi connectivity index (χ2n) is 6.81. The van der Waals surface area contributed by atoms with Gasteiger partial charge in [-0.25, -0.2) is 0 Å². The molecule has 1 nitrogen and oxygen atoms in total. The quantitative estimate of drug-likeness (QED) is 0.445. The summed E-state index contributed by atoms with van der Waals surface area (Å²) < 4.78 is 5.88. The van der Waals surface area contributed by atoms with E-state index >= 15 is 0 Å². The topological polar surface area (TPSA) is 12.5 Å². The van der Waals surface area contributed by atoms with Crippen molar-refractivity contribution in [2.45, 2.75) is 64.6 Å². The fourth-order valence-electron chi connectivity index (χ4n) is 4.01. The summed E-state index contributed by atoms with van der Waals surface area (Å²) in [5.74, 6) is 1.66. The predicted molar refractivity (Wildman–Crippen MR) is 66.3 cm³/mol. The molecule has 5 atom stereocenters. The fraction of sp³-hybridized carbons (Fsp3) is 0.867. The van der Waals surface area contributed by atoms with Crippen molar-refractivity contribution in [2.75, 3.05) is 0 Å². The maximum absolute atomic E-state index is 5.88. The van der Waals surface area contributed by atoms with Crippen molar-refractivity contribution < 1.29 is 4.74 Å². The van der Waals surface area contributed by atoms with Gasteiger partial charge in [-0.1, -0.05) is 26.0 Å². The molecule has 0 amide bonds. The van der Waals surface area contributed by atoms with E-state index in [1.807, 2.05) is 0 Å². The predicted octanol–water partition coefficient (Wildman–Crippen LogP) is 3.94. The van der Waals surface area contributed by atoms with E-state index in [1.54, 1.807) is 0 Å². The molecule has 3 aliphatic rings. The molecule has 0 spiro atoms. The summed E-state index contributed by atoms with van der Waals surface area (Å²) in [6.45, 7) is 11.5. The summed E-state index contributed by atoms with van der Waals surface area (Å²) in [4.78, 5) is 0. The highest BCUT2D eigenvalue weighted by molar-refractivity contribution is 5.17. The molecule has 0 N–H and O–H groups in total. The standard InChI is InChI=1S/C15H24O/c1-10-5-6-13-15(4,16-13)8-7-14(3)11(2)9-12(10)14/h11-13H,1,5-9H2,2-4H3. The molecule has 5 unspecified atom stereocenters. The third-order valence-corrected chi connectivity index (χ3v) is 5.93. The molecule has 2 aliphatic carbocycles. The summed E-state index contributed by atoms with van der Waals surface area (Å²) in [5.41, 5.74) is 2.23. The lowest BCUT2D eigenvalue weighted by atomic mass is 9.50. The number of rotatable bonds is 0. The van der Waals surface area contributed by atoms with Gasteiger partial charge in [0.1, 0.15) is 0 Å². The first-order valence-corrected chi connectivity index (χ1v) is 6.81. The molecule has 0 aromatic rings. The Kier molecular flexibility index (Phi) is 2.12. The fourth-order valence-corrected chi connectivity index (χ4v) is 4.01. The Morgan fingerprint density at radius 2 is 2.06 bits per heavy atom. The van der Waals surface area contributed by atoms with Gasteiger partial charge in [0.25, 0.3) is 0 Å². The van der Waals surface area contributed by atoms with Gasteiger partial charge in [-0.3, -0.25) is 0 Å². The molecule has 0 aromatic carbocycles. The molecular weight excluding hydrogens is 196 g/mol. The van der Waals surface area contributed by atoms with Crippen molar-refractivity contribution in [1.82, 2.24) is 0 Å². The number of ether oxygens (including phenoxy) is 1. The molecule has 0 aromatic heterocycles. The number of epoxide rings is 1. The Labute approximate surface area is 99.3 Å². The summed E-state index contributed by atoms with van der Waals surface area (Å²) in [7, 11) is 0. The molecular formula is C15H24O. The third-order valence-electron chi connectivity index (χ3n) is 5.93. The molecule has 90 valence electrons. The normalized spacial score (nSPS) is 56.2. The Balaban J connectivity index is 1.82. The van der Waals surface area contributed by atoms with Gasteiger partial charge in [-0.05, 0) is 56.3 Å². The molecule has 1 aliphatic heterocycles. The van der Waals surface area contributed by atoms with Gasteiger partial charge in [0.15, 0.2) is 0 Å². The van der Waals surface area contributed by atoms with Gasteiger partial charge in [0, 0.05) is 0 Å². The molecule has 1 heterocycles. The van der Waals surface area contributed by atoms with E-state index in [0.717, 1.165) is 11.8 Å². The first-order chi connectivity index (χ1) is 7.46. The van der Waals surface area contributed by atoms with E-state index in [9.17, 15) is 0 Å². The van der Waals surface area contributed by atoms with Crippen molar-refractivity contribution in [3.63, 3.8) is 0 Å². The maximum Gasteiger partial charge on any atom is 0.0920 e. The van der Waals surface area contributed by atoms with Crippen molar-refractivity contribution in [3.8, 4) is 0 Å². The Morgan fingerprint density at radius 1 is 1.31 bits per heavy atom. The van der Waals surface area contributed by atoms with Gasteiger partial charge >= 0.3 is 0 Å². The van der Waals surface area contributed by atoms with Crippen molar-refractivity contribution in [3.05, 3.63) is 12.2 Å². The largest absolute Gasteiger partial charge is 0.366 e. The van der Waals surface area contributed by atoms with Gasteiger partial charge in [0.2, 0.25) is 0 Å². The smallest absolute Gasteiger partial charge is 0.0920 e. The van der Waals surface area contributed by atoms with E-state index in [1.165, 1.54) is 37.7 Å². The lowest BCUT2D eigenvalue weighted by molar-refractivity contribution is -0.0183. The lowest BCUT2D eigenvalue weighted by Crippen LogP contribution is -2.46. The SMILES string of the molecule is C=C1CCC2OC2(C)CCC2(C)C(C)CC12. The van der Waals surface area contributed by atoms with Crippen molar-refractivity contribution >= 4 is 0 Å². The first-order valence-electron chi connectivity index (χ1n) is 6.81. The average molecular weight is 220 g/mol. The van der Waals surface area contributed by atoms with Crippen LogP contribution in [0.15, 0.2) is 12.2 Å². The molecule has 1 heteroatoms. The van der Waals surface area contributed by atoms with Crippen LogP contribution >= 0.6 is 0 Å². The third kappa shape index (κ3) is 1.33. The second kappa shape index (κ2) is 3.13. The zero-order chi connectivity index (χ0) is 11.6. The van der Waals surface area contributed by atoms with E-state index in [0.29, 0.717) is 11.5 Å². The van der Waals surface area contributed by atoms with Crippen LogP contribution in [0.5, 0.6) is 0 Å². The number of allylic oxidation sites excluding steroid dienone is 1. The maximum atomic E-state index is 5.88. The van der Waals surface area contributed by atoms with Crippen LogP contribution in [0, 0.1) is 17.3 Å². The van der Waals surface area contributed by atoms with Crippen LogP contribution < -0.4 is 0 Å². The average Bonchev–Trinajstić information content (AvgIpc) is 2.90. The number of hydrogen-bond acceptors (Lipinski definition) is 1. The van der Waals surface area contributed by atoms with Gasteiger partial charge in [-0.2, -0.15) is 0 Å². The summed E-state index contributed by atoms with van der Waals surface area (Å²) in [6, 6.07) is 0.